The van der Waals surface area contributed by atoms with Gasteiger partial charge in [0.1, 0.15) is 17.3 Å². The van der Waals surface area contributed by atoms with Crippen LogP contribution in [0.1, 0.15) is 0 Å². The number of nitrogen functional groups attached to an aromatic ring is 1. The normalized spacial score (nSPS) is 10.7. The Balaban J connectivity index is 2.22. The van der Waals surface area contributed by atoms with Gasteiger partial charge in [0.05, 0.1) is 11.3 Å². The monoisotopic (exact) mass is 273 g/mol. The molecule has 3 rings (SSSR count). The van der Waals surface area contributed by atoms with Crippen molar-refractivity contribution in [2.24, 2.45) is 0 Å². The number of halogens is 2. The predicted molar refractivity (Wildman–Crippen MR) is 69.5 cm³/mol. The number of rotatable bonds is 2. The quantitative estimate of drug-likeness (QED) is 0.778. The topological polar surface area (TPSA) is 64.9 Å². The molecule has 100 valence electrons. The van der Waals surface area contributed by atoms with Crippen LogP contribution >= 0.6 is 0 Å². The molecule has 0 unspecified atom stereocenters. The number of hydrogen-bond donors (Lipinski definition) is 1. The van der Waals surface area contributed by atoms with E-state index >= 15 is 0 Å². The van der Waals surface area contributed by atoms with Crippen LogP contribution in [0, 0.1) is 11.6 Å². The molecule has 2 heterocycles. The lowest BCUT2D eigenvalue weighted by molar-refractivity contribution is 0.439. The van der Waals surface area contributed by atoms with Crippen molar-refractivity contribution in [3.05, 3.63) is 54.2 Å². The molecule has 0 aliphatic rings. The van der Waals surface area contributed by atoms with Gasteiger partial charge >= 0.3 is 0 Å². The van der Waals surface area contributed by atoms with Crippen LogP contribution in [0.15, 0.2) is 47.1 Å². The molecule has 0 aliphatic heterocycles. The number of hydrogen-bond acceptors (Lipinski definition) is 4. The Hall–Kier alpha value is -2.76. The van der Waals surface area contributed by atoms with Gasteiger partial charge in [0.25, 0.3) is 0 Å². The third-order valence-corrected chi connectivity index (χ3v) is 2.83. The second-order valence-electron chi connectivity index (χ2n) is 4.11. The minimum Gasteiger partial charge on any atom is -0.367 e. The summed E-state index contributed by atoms with van der Waals surface area (Å²) in [6.07, 6.45) is 1.57. The van der Waals surface area contributed by atoms with Crippen LogP contribution in [0.4, 0.5) is 14.7 Å². The highest BCUT2D eigenvalue weighted by Gasteiger charge is 2.21. The molecule has 6 heteroatoms. The number of anilines is 1. The van der Waals surface area contributed by atoms with E-state index in [0.29, 0.717) is 11.4 Å². The highest BCUT2D eigenvalue weighted by molar-refractivity contribution is 5.85. The average molecular weight is 273 g/mol. The Kier molecular flexibility index (Phi) is 2.90. The second-order valence-corrected chi connectivity index (χ2v) is 4.11. The smallest absolute Gasteiger partial charge is 0.230 e. The first-order valence-electron chi connectivity index (χ1n) is 5.79. The van der Waals surface area contributed by atoms with E-state index in [1.807, 2.05) is 0 Å². The van der Waals surface area contributed by atoms with E-state index in [-0.39, 0.29) is 17.0 Å². The summed E-state index contributed by atoms with van der Waals surface area (Å²) < 4.78 is 31.8. The van der Waals surface area contributed by atoms with E-state index in [1.165, 1.54) is 6.07 Å². The summed E-state index contributed by atoms with van der Waals surface area (Å²) >= 11 is 0. The first kappa shape index (κ1) is 12.3. The molecule has 2 N–H and O–H groups in total. The SMILES string of the molecule is Nc1onc(-c2ccccn2)c1-c1ccc(F)cc1F. The summed E-state index contributed by atoms with van der Waals surface area (Å²) in [5.41, 5.74) is 6.89. The lowest BCUT2D eigenvalue weighted by Gasteiger charge is -2.04. The van der Waals surface area contributed by atoms with Crippen LogP contribution in [-0.2, 0) is 0 Å². The van der Waals surface area contributed by atoms with Gasteiger partial charge in [-0.2, -0.15) is 0 Å². The Morgan fingerprint density at radius 2 is 1.95 bits per heavy atom. The molecule has 0 atom stereocenters. The Morgan fingerprint density at radius 3 is 2.65 bits per heavy atom. The molecule has 3 aromatic rings. The predicted octanol–water partition coefficient (Wildman–Crippen LogP) is 3.26. The molecule has 0 saturated heterocycles. The van der Waals surface area contributed by atoms with Gasteiger partial charge in [-0.05, 0) is 24.3 Å². The average Bonchev–Trinajstić information content (AvgIpc) is 2.82. The minimum absolute atomic E-state index is 0.0452. The van der Waals surface area contributed by atoms with E-state index in [0.717, 1.165) is 12.1 Å². The zero-order valence-corrected chi connectivity index (χ0v) is 10.2. The van der Waals surface area contributed by atoms with E-state index < -0.39 is 11.6 Å². The fourth-order valence-electron chi connectivity index (χ4n) is 1.93. The number of nitrogens with two attached hydrogens (primary N) is 1. The summed E-state index contributed by atoms with van der Waals surface area (Å²) in [5, 5.41) is 3.80. The summed E-state index contributed by atoms with van der Waals surface area (Å²) in [5.74, 6) is -1.45. The molecule has 0 amide bonds. The van der Waals surface area contributed by atoms with Crippen LogP contribution in [0.3, 0.4) is 0 Å². The third kappa shape index (κ3) is 2.01. The lowest BCUT2D eigenvalue weighted by Crippen LogP contribution is -1.92. The summed E-state index contributed by atoms with van der Waals surface area (Å²) in [6, 6.07) is 8.42. The number of benzene rings is 1. The first-order valence-corrected chi connectivity index (χ1v) is 5.79. The van der Waals surface area contributed by atoms with Crippen molar-refractivity contribution >= 4 is 5.88 Å². The van der Waals surface area contributed by atoms with Gasteiger partial charge in [-0.15, -0.1) is 0 Å². The highest BCUT2D eigenvalue weighted by atomic mass is 19.1. The lowest BCUT2D eigenvalue weighted by atomic mass is 10.0. The molecule has 0 saturated carbocycles. The van der Waals surface area contributed by atoms with Crippen molar-refractivity contribution in [3.8, 4) is 22.5 Å². The first-order chi connectivity index (χ1) is 9.66. The highest BCUT2D eigenvalue weighted by Crippen LogP contribution is 2.36. The second kappa shape index (κ2) is 4.73. The Morgan fingerprint density at radius 1 is 1.10 bits per heavy atom. The van der Waals surface area contributed by atoms with Gasteiger partial charge in [-0.1, -0.05) is 11.2 Å². The van der Waals surface area contributed by atoms with Crippen LogP contribution in [-0.4, -0.2) is 10.1 Å². The fourth-order valence-corrected chi connectivity index (χ4v) is 1.93. The van der Waals surface area contributed by atoms with Crippen molar-refractivity contribution in [2.45, 2.75) is 0 Å². The van der Waals surface area contributed by atoms with E-state index in [9.17, 15) is 8.78 Å². The number of nitrogens with zero attached hydrogens (tertiary/aromatic N) is 2. The van der Waals surface area contributed by atoms with Crippen molar-refractivity contribution in [3.63, 3.8) is 0 Å². The summed E-state index contributed by atoms with van der Waals surface area (Å²) in [4.78, 5) is 4.12. The zero-order valence-electron chi connectivity index (χ0n) is 10.2. The maximum absolute atomic E-state index is 13.9. The standard InChI is InChI=1S/C14H9F2N3O/c15-8-4-5-9(10(16)7-8)12-13(19-20-14(12)17)11-3-1-2-6-18-11/h1-7H,17H2. The van der Waals surface area contributed by atoms with Crippen LogP contribution in [0.2, 0.25) is 0 Å². The summed E-state index contributed by atoms with van der Waals surface area (Å²) in [7, 11) is 0. The molecule has 0 radical (unpaired) electrons. The number of pyridine rings is 1. The molecule has 1 aromatic carbocycles. The molecule has 0 fully saturated rings. The van der Waals surface area contributed by atoms with Crippen LogP contribution in [0.5, 0.6) is 0 Å². The largest absolute Gasteiger partial charge is 0.367 e. The van der Waals surface area contributed by atoms with Gasteiger partial charge in [-0.25, -0.2) is 8.78 Å². The van der Waals surface area contributed by atoms with Gasteiger partial charge < -0.3 is 10.3 Å². The Labute approximate surface area is 112 Å². The van der Waals surface area contributed by atoms with Crippen molar-refractivity contribution in [2.75, 3.05) is 5.73 Å². The molecular weight excluding hydrogens is 264 g/mol. The van der Waals surface area contributed by atoms with Crippen molar-refractivity contribution in [1.29, 1.82) is 0 Å². The Bertz CT molecular complexity index is 756. The fraction of sp³-hybridized carbons (Fsp3) is 0. The van der Waals surface area contributed by atoms with Crippen molar-refractivity contribution in [1.82, 2.24) is 10.1 Å². The van der Waals surface area contributed by atoms with E-state index in [1.54, 1.807) is 24.4 Å². The molecule has 0 aliphatic carbocycles. The van der Waals surface area contributed by atoms with Crippen LogP contribution in [0.25, 0.3) is 22.5 Å². The van der Waals surface area contributed by atoms with Gasteiger partial charge in [0, 0.05) is 17.8 Å². The van der Waals surface area contributed by atoms with E-state index in [4.69, 9.17) is 10.3 Å². The van der Waals surface area contributed by atoms with Crippen LogP contribution < -0.4 is 5.73 Å². The van der Waals surface area contributed by atoms with Gasteiger partial charge in [0.2, 0.25) is 5.88 Å². The maximum atomic E-state index is 13.9. The van der Waals surface area contributed by atoms with E-state index in [2.05, 4.69) is 10.1 Å². The molecular formula is C14H9F2N3O. The number of aromatic nitrogens is 2. The minimum atomic E-state index is -0.739. The molecule has 0 spiro atoms. The zero-order chi connectivity index (χ0) is 14.1. The van der Waals surface area contributed by atoms with Gasteiger partial charge in [-0.3, -0.25) is 4.98 Å². The van der Waals surface area contributed by atoms with Crippen molar-refractivity contribution < 1.29 is 13.3 Å². The molecule has 4 nitrogen and oxygen atoms in total. The third-order valence-electron chi connectivity index (χ3n) is 2.83. The maximum Gasteiger partial charge on any atom is 0.230 e. The molecule has 0 bridgehead atoms. The van der Waals surface area contributed by atoms with Gasteiger partial charge in [0.15, 0.2) is 0 Å². The molecule has 20 heavy (non-hydrogen) atoms. The summed E-state index contributed by atoms with van der Waals surface area (Å²) in [6.45, 7) is 0. The molecule has 2 aromatic heterocycles.